The number of carbonyl (C=O) groups excluding carboxylic acids is 1. The Hall–Kier alpha value is -0.810. The number of ether oxygens (including phenoxy) is 2. The Kier molecular flexibility index (Phi) is 4.38. The molecule has 0 spiro atoms. The van der Waals surface area contributed by atoms with E-state index in [4.69, 9.17) is 9.47 Å². The van der Waals surface area contributed by atoms with Crippen LogP contribution in [0.3, 0.4) is 0 Å². The van der Waals surface area contributed by atoms with Crippen LogP contribution in [0.2, 0.25) is 0 Å². The zero-order valence-corrected chi connectivity index (χ0v) is 11.4. The first kappa shape index (κ1) is 14.3. The fourth-order valence-electron chi connectivity index (χ4n) is 1.68. The largest absolute Gasteiger partial charge is 0.444 e. The van der Waals surface area contributed by atoms with Gasteiger partial charge in [-0.2, -0.15) is 0 Å². The third-order valence-corrected chi connectivity index (χ3v) is 2.62. The first-order chi connectivity index (χ1) is 7.71. The topological polar surface area (TPSA) is 59.6 Å². The Morgan fingerprint density at radius 2 is 2.00 bits per heavy atom. The van der Waals surface area contributed by atoms with Gasteiger partial charge in [0.15, 0.2) is 0 Å². The predicted molar refractivity (Wildman–Crippen MR) is 66.1 cm³/mol. The minimum atomic E-state index is -0.476. The molecule has 0 aromatic rings. The molecule has 0 aromatic carbocycles. The predicted octanol–water partition coefficient (Wildman–Crippen LogP) is 1.28. The molecule has 2 N–H and O–H groups in total. The minimum Gasteiger partial charge on any atom is -0.444 e. The molecule has 1 atom stereocenters. The summed E-state index contributed by atoms with van der Waals surface area (Å²) in [5, 5.41) is 6.21. The summed E-state index contributed by atoms with van der Waals surface area (Å²) in [5.41, 5.74) is -0.876. The van der Waals surface area contributed by atoms with Gasteiger partial charge in [0.1, 0.15) is 5.60 Å². The molecule has 0 aliphatic carbocycles. The van der Waals surface area contributed by atoms with E-state index in [9.17, 15) is 4.79 Å². The standard InChI is InChI=1S/C12H24N2O3/c1-11(2,3)17-10(15)14-12(4,5)9-8-16-7-6-13-9/h9,13H,6-8H2,1-5H3,(H,14,15). The molecule has 1 unspecified atom stereocenters. The van der Waals surface area contributed by atoms with Gasteiger partial charge < -0.3 is 20.1 Å². The maximum atomic E-state index is 11.7. The molecule has 5 heteroatoms. The Bertz CT molecular complexity index is 265. The smallest absolute Gasteiger partial charge is 0.408 e. The molecule has 1 saturated heterocycles. The van der Waals surface area contributed by atoms with E-state index in [1.807, 2.05) is 34.6 Å². The van der Waals surface area contributed by atoms with Crippen LogP contribution in [0.25, 0.3) is 0 Å². The number of amides is 1. The molecule has 0 radical (unpaired) electrons. The molecule has 1 aliphatic heterocycles. The molecular weight excluding hydrogens is 220 g/mol. The Morgan fingerprint density at radius 3 is 2.47 bits per heavy atom. The number of nitrogens with one attached hydrogen (secondary N) is 2. The van der Waals surface area contributed by atoms with Crippen molar-refractivity contribution in [1.82, 2.24) is 10.6 Å². The van der Waals surface area contributed by atoms with Gasteiger partial charge in [-0.15, -0.1) is 0 Å². The molecule has 1 fully saturated rings. The minimum absolute atomic E-state index is 0.101. The van der Waals surface area contributed by atoms with Crippen molar-refractivity contribution in [3.05, 3.63) is 0 Å². The summed E-state index contributed by atoms with van der Waals surface area (Å²) in [4.78, 5) is 11.7. The molecule has 1 amide bonds. The highest BCUT2D eigenvalue weighted by Gasteiger charge is 2.33. The fourth-order valence-corrected chi connectivity index (χ4v) is 1.68. The van der Waals surface area contributed by atoms with Crippen molar-refractivity contribution in [2.75, 3.05) is 19.8 Å². The van der Waals surface area contributed by atoms with Crippen LogP contribution in [0.5, 0.6) is 0 Å². The highest BCUT2D eigenvalue weighted by molar-refractivity contribution is 5.68. The van der Waals surface area contributed by atoms with E-state index in [0.717, 1.165) is 13.2 Å². The van der Waals surface area contributed by atoms with Gasteiger partial charge in [-0.3, -0.25) is 0 Å². The molecule has 1 aliphatic rings. The van der Waals surface area contributed by atoms with Crippen LogP contribution < -0.4 is 10.6 Å². The summed E-state index contributed by atoms with van der Waals surface area (Å²) < 4.78 is 10.6. The van der Waals surface area contributed by atoms with Crippen LogP contribution in [0.4, 0.5) is 4.79 Å². The van der Waals surface area contributed by atoms with Crippen LogP contribution in [0.1, 0.15) is 34.6 Å². The van der Waals surface area contributed by atoms with Crippen molar-refractivity contribution in [1.29, 1.82) is 0 Å². The first-order valence-electron chi connectivity index (χ1n) is 6.03. The number of carbonyl (C=O) groups is 1. The zero-order valence-electron chi connectivity index (χ0n) is 11.4. The van der Waals surface area contributed by atoms with Gasteiger partial charge in [0.25, 0.3) is 0 Å². The van der Waals surface area contributed by atoms with Gasteiger partial charge in [-0.1, -0.05) is 0 Å². The fraction of sp³-hybridized carbons (Fsp3) is 0.917. The number of rotatable bonds is 2. The quantitative estimate of drug-likeness (QED) is 0.768. The number of hydrogen-bond donors (Lipinski definition) is 2. The molecule has 0 bridgehead atoms. The van der Waals surface area contributed by atoms with Crippen LogP contribution in [-0.2, 0) is 9.47 Å². The number of hydrogen-bond acceptors (Lipinski definition) is 4. The van der Waals surface area contributed by atoms with E-state index in [1.165, 1.54) is 0 Å². The monoisotopic (exact) mass is 244 g/mol. The molecule has 0 saturated carbocycles. The van der Waals surface area contributed by atoms with Crippen LogP contribution in [0, 0.1) is 0 Å². The zero-order chi connectivity index (χ0) is 13.1. The molecule has 1 rings (SSSR count). The maximum Gasteiger partial charge on any atom is 0.408 e. The second kappa shape index (κ2) is 5.23. The number of morpholine rings is 1. The summed E-state index contributed by atoms with van der Waals surface area (Å²) in [5.74, 6) is 0. The molecule has 5 nitrogen and oxygen atoms in total. The molecule has 17 heavy (non-hydrogen) atoms. The van der Waals surface area contributed by atoms with Gasteiger partial charge in [-0.25, -0.2) is 4.79 Å². The van der Waals surface area contributed by atoms with Gasteiger partial charge in [0.05, 0.1) is 24.8 Å². The first-order valence-corrected chi connectivity index (χ1v) is 6.03. The number of alkyl carbamates (subject to hydrolysis) is 1. The second-order valence-corrected chi connectivity index (χ2v) is 5.93. The highest BCUT2D eigenvalue weighted by Crippen LogP contribution is 2.14. The van der Waals surface area contributed by atoms with Gasteiger partial charge in [0.2, 0.25) is 0 Å². The van der Waals surface area contributed by atoms with Crippen LogP contribution in [0.15, 0.2) is 0 Å². The van der Waals surface area contributed by atoms with Gasteiger partial charge in [-0.05, 0) is 34.6 Å². The molecular formula is C12H24N2O3. The average Bonchev–Trinajstić information content (AvgIpc) is 2.15. The van der Waals surface area contributed by atoms with Gasteiger partial charge in [0, 0.05) is 6.54 Å². The molecule has 1 heterocycles. The third kappa shape index (κ3) is 4.91. The van der Waals surface area contributed by atoms with E-state index in [-0.39, 0.29) is 6.04 Å². The lowest BCUT2D eigenvalue weighted by Crippen LogP contribution is -2.62. The lowest BCUT2D eigenvalue weighted by molar-refractivity contribution is 0.0272. The SMILES string of the molecule is CC(C)(C)OC(=O)NC(C)(C)C1COCCN1. The van der Waals surface area contributed by atoms with Crippen molar-refractivity contribution in [2.24, 2.45) is 0 Å². The summed E-state index contributed by atoms with van der Waals surface area (Å²) in [6, 6.07) is 0.101. The Morgan fingerprint density at radius 1 is 1.35 bits per heavy atom. The lowest BCUT2D eigenvalue weighted by Gasteiger charge is -2.38. The summed E-state index contributed by atoms with van der Waals surface area (Å²) >= 11 is 0. The van der Waals surface area contributed by atoms with Crippen molar-refractivity contribution < 1.29 is 14.3 Å². The maximum absolute atomic E-state index is 11.7. The summed E-state index contributed by atoms with van der Waals surface area (Å²) in [6.07, 6.45) is -0.394. The second-order valence-electron chi connectivity index (χ2n) is 5.93. The Balaban J connectivity index is 2.50. The summed E-state index contributed by atoms with van der Waals surface area (Å²) in [7, 11) is 0. The summed E-state index contributed by atoms with van der Waals surface area (Å²) in [6.45, 7) is 11.6. The van der Waals surface area contributed by atoms with E-state index in [2.05, 4.69) is 10.6 Å². The van der Waals surface area contributed by atoms with E-state index >= 15 is 0 Å². The Labute approximate surface area is 103 Å². The molecule has 100 valence electrons. The van der Waals surface area contributed by atoms with Crippen molar-refractivity contribution in [3.8, 4) is 0 Å². The van der Waals surface area contributed by atoms with Crippen molar-refractivity contribution >= 4 is 6.09 Å². The normalized spacial score (nSPS) is 22.1. The highest BCUT2D eigenvalue weighted by atomic mass is 16.6. The average molecular weight is 244 g/mol. The van der Waals surface area contributed by atoms with E-state index < -0.39 is 17.2 Å². The van der Waals surface area contributed by atoms with Crippen molar-refractivity contribution in [2.45, 2.75) is 51.8 Å². The lowest BCUT2D eigenvalue weighted by atomic mass is 9.94. The van der Waals surface area contributed by atoms with Crippen LogP contribution >= 0.6 is 0 Å². The molecule has 0 aromatic heterocycles. The van der Waals surface area contributed by atoms with E-state index in [1.54, 1.807) is 0 Å². The van der Waals surface area contributed by atoms with Gasteiger partial charge >= 0.3 is 6.09 Å². The van der Waals surface area contributed by atoms with Crippen LogP contribution in [-0.4, -0.2) is 43.0 Å². The van der Waals surface area contributed by atoms with Crippen molar-refractivity contribution in [3.63, 3.8) is 0 Å². The third-order valence-electron chi connectivity index (χ3n) is 2.62. The van der Waals surface area contributed by atoms with E-state index in [0.29, 0.717) is 6.61 Å².